The lowest BCUT2D eigenvalue weighted by Gasteiger charge is -2.34. The summed E-state index contributed by atoms with van der Waals surface area (Å²) in [6, 6.07) is 25.3. The lowest BCUT2D eigenvalue weighted by Crippen LogP contribution is -2.37. The molecule has 4 rings (SSSR count). The van der Waals surface area contributed by atoms with E-state index in [9.17, 15) is 0 Å². The molecular weight excluding hydrogens is 412 g/mol. The van der Waals surface area contributed by atoms with Crippen LogP contribution in [0.15, 0.2) is 83.6 Å². The quantitative estimate of drug-likeness (QED) is 0.469. The molecule has 0 saturated carbocycles. The van der Waals surface area contributed by atoms with Gasteiger partial charge in [0.05, 0.1) is 6.10 Å². The van der Waals surface area contributed by atoms with Gasteiger partial charge in [0.15, 0.2) is 0 Å². The van der Waals surface area contributed by atoms with Gasteiger partial charge in [-0.15, -0.1) is 0 Å². The molecule has 3 aromatic rings. The third-order valence-corrected chi connectivity index (χ3v) is 5.70. The summed E-state index contributed by atoms with van der Waals surface area (Å²) < 4.78 is 7.54. The molecule has 0 bridgehead atoms. The second kappa shape index (κ2) is 9.46. The zero-order valence-electron chi connectivity index (χ0n) is 15.9. The van der Waals surface area contributed by atoms with Crippen molar-refractivity contribution < 1.29 is 4.74 Å². The number of benzene rings is 2. The van der Waals surface area contributed by atoms with E-state index in [-0.39, 0.29) is 12.2 Å². The van der Waals surface area contributed by atoms with Crippen molar-refractivity contribution in [2.75, 3.05) is 13.1 Å². The van der Waals surface area contributed by atoms with Gasteiger partial charge in [0, 0.05) is 25.8 Å². The molecule has 28 heavy (non-hydrogen) atoms. The van der Waals surface area contributed by atoms with Crippen LogP contribution in [0.5, 0.6) is 0 Å². The SMILES string of the molecule is Brc1cc(CN2CCC(OC(c3ccccc3)c3ccccc3)CC2)ccn1. The third-order valence-electron chi connectivity index (χ3n) is 5.26. The number of ether oxygens (including phenoxy) is 1. The van der Waals surface area contributed by atoms with E-state index in [4.69, 9.17) is 4.74 Å². The van der Waals surface area contributed by atoms with Gasteiger partial charge in [0.1, 0.15) is 10.7 Å². The molecule has 4 heteroatoms. The first-order valence-electron chi connectivity index (χ1n) is 9.86. The van der Waals surface area contributed by atoms with Crippen LogP contribution >= 0.6 is 15.9 Å². The fraction of sp³-hybridized carbons (Fsp3) is 0.292. The number of nitrogens with zero attached hydrogens (tertiary/aromatic N) is 2. The molecule has 0 aliphatic carbocycles. The predicted octanol–water partition coefficient (Wildman–Crippen LogP) is 5.61. The standard InChI is InChI=1S/C24H25BrN2O/c25-23-17-19(11-14-26-23)18-27-15-12-22(13-16-27)28-24(20-7-3-1-4-8-20)21-9-5-2-6-10-21/h1-11,14,17,22,24H,12-13,15-16,18H2. The molecule has 0 atom stereocenters. The van der Waals surface area contributed by atoms with Crippen molar-refractivity contribution in [1.29, 1.82) is 0 Å². The second-order valence-corrected chi connectivity index (χ2v) is 8.11. The Bertz CT molecular complexity index is 825. The molecule has 144 valence electrons. The highest BCUT2D eigenvalue weighted by molar-refractivity contribution is 9.10. The summed E-state index contributed by atoms with van der Waals surface area (Å²) in [5, 5.41) is 0. The van der Waals surface area contributed by atoms with Gasteiger partial charge in [-0.25, -0.2) is 4.98 Å². The normalized spacial score (nSPS) is 15.8. The maximum atomic E-state index is 6.64. The average Bonchev–Trinajstić information content (AvgIpc) is 2.74. The number of piperidine rings is 1. The van der Waals surface area contributed by atoms with Crippen molar-refractivity contribution in [3.05, 3.63) is 100 Å². The first kappa shape index (κ1) is 19.3. The van der Waals surface area contributed by atoms with Crippen LogP contribution in [0, 0.1) is 0 Å². The average molecular weight is 437 g/mol. The van der Waals surface area contributed by atoms with Crippen LogP contribution in [-0.4, -0.2) is 29.1 Å². The van der Waals surface area contributed by atoms with Gasteiger partial charge in [0.25, 0.3) is 0 Å². The molecule has 2 aromatic carbocycles. The molecule has 0 amide bonds. The fourth-order valence-corrected chi connectivity index (χ4v) is 4.21. The summed E-state index contributed by atoms with van der Waals surface area (Å²) >= 11 is 3.46. The molecule has 0 radical (unpaired) electrons. The summed E-state index contributed by atoms with van der Waals surface area (Å²) in [6.07, 6.45) is 4.26. The highest BCUT2D eigenvalue weighted by atomic mass is 79.9. The highest BCUT2D eigenvalue weighted by Crippen LogP contribution is 2.30. The van der Waals surface area contributed by atoms with Crippen molar-refractivity contribution in [2.45, 2.75) is 31.6 Å². The number of likely N-dealkylation sites (tertiary alicyclic amines) is 1. The number of hydrogen-bond acceptors (Lipinski definition) is 3. The number of hydrogen-bond donors (Lipinski definition) is 0. The first-order valence-corrected chi connectivity index (χ1v) is 10.7. The van der Waals surface area contributed by atoms with Gasteiger partial charge in [-0.05, 0) is 57.6 Å². The summed E-state index contributed by atoms with van der Waals surface area (Å²) in [5.41, 5.74) is 3.74. The summed E-state index contributed by atoms with van der Waals surface area (Å²) in [5.74, 6) is 0. The molecule has 1 aliphatic rings. The predicted molar refractivity (Wildman–Crippen MR) is 116 cm³/mol. The highest BCUT2D eigenvalue weighted by Gasteiger charge is 2.24. The molecule has 0 unspecified atom stereocenters. The van der Waals surface area contributed by atoms with Crippen molar-refractivity contribution >= 4 is 15.9 Å². The van der Waals surface area contributed by atoms with Gasteiger partial charge in [0.2, 0.25) is 0 Å². The van der Waals surface area contributed by atoms with Gasteiger partial charge < -0.3 is 4.74 Å². The van der Waals surface area contributed by atoms with Gasteiger partial charge >= 0.3 is 0 Å². The van der Waals surface area contributed by atoms with Crippen molar-refractivity contribution in [3.63, 3.8) is 0 Å². The Balaban J connectivity index is 1.39. The minimum atomic E-state index is -0.00453. The molecular formula is C24H25BrN2O. The molecule has 1 saturated heterocycles. The monoisotopic (exact) mass is 436 g/mol. The number of aromatic nitrogens is 1. The van der Waals surface area contributed by atoms with Crippen LogP contribution in [0.1, 0.15) is 35.6 Å². The molecule has 1 aliphatic heterocycles. The topological polar surface area (TPSA) is 25.4 Å². The lowest BCUT2D eigenvalue weighted by molar-refractivity contribution is -0.0281. The second-order valence-electron chi connectivity index (χ2n) is 7.30. The molecule has 0 N–H and O–H groups in total. The maximum Gasteiger partial charge on any atom is 0.108 e. The van der Waals surface area contributed by atoms with Crippen molar-refractivity contribution in [3.8, 4) is 0 Å². The molecule has 0 spiro atoms. The zero-order chi connectivity index (χ0) is 19.2. The first-order chi connectivity index (χ1) is 13.8. The number of halogens is 1. The Morgan fingerprint density at radius 2 is 1.54 bits per heavy atom. The molecule has 3 nitrogen and oxygen atoms in total. The largest absolute Gasteiger partial charge is 0.365 e. The van der Waals surface area contributed by atoms with E-state index in [0.29, 0.717) is 0 Å². The Morgan fingerprint density at radius 1 is 0.929 bits per heavy atom. The van der Waals surface area contributed by atoms with E-state index in [0.717, 1.165) is 37.1 Å². The van der Waals surface area contributed by atoms with E-state index in [1.165, 1.54) is 16.7 Å². The fourth-order valence-electron chi connectivity index (χ4n) is 3.80. The van der Waals surface area contributed by atoms with Crippen molar-refractivity contribution in [2.24, 2.45) is 0 Å². The van der Waals surface area contributed by atoms with E-state index in [2.05, 4.69) is 98.6 Å². The Kier molecular flexibility index (Phi) is 6.53. The minimum absolute atomic E-state index is 0.00453. The minimum Gasteiger partial charge on any atom is -0.365 e. The lowest BCUT2D eigenvalue weighted by atomic mass is 10.00. The van der Waals surface area contributed by atoms with Crippen LogP contribution in [-0.2, 0) is 11.3 Å². The Labute approximate surface area is 175 Å². The summed E-state index contributed by atoms with van der Waals surface area (Å²) in [6.45, 7) is 3.08. The van der Waals surface area contributed by atoms with E-state index >= 15 is 0 Å². The summed E-state index contributed by atoms with van der Waals surface area (Å²) in [4.78, 5) is 6.72. The molecule has 1 fully saturated rings. The van der Waals surface area contributed by atoms with Crippen LogP contribution in [0.3, 0.4) is 0 Å². The smallest absolute Gasteiger partial charge is 0.108 e. The molecule has 1 aromatic heterocycles. The van der Waals surface area contributed by atoms with E-state index in [1.807, 2.05) is 6.20 Å². The Hall–Kier alpha value is -2.01. The van der Waals surface area contributed by atoms with Gasteiger partial charge in [-0.3, -0.25) is 4.90 Å². The van der Waals surface area contributed by atoms with Crippen molar-refractivity contribution in [1.82, 2.24) is 9.88 Å². The number of pyridine rings is 1. The molecule has 2 heterocycles. The Morgan fingerprint density at radius 3 is 2.11 bits per heavy atom. The van der Waals surface area contributed by atoms with E-state index in [1.54, 1.807) is 0 Å². The summed E-state index contributed by atoms with van der Waals surface area (Å²) in [7, 11) is 0. The number of rotatable bonds is 6. The van der Waals surface area contributed by atoms with Crippen LogP contribution in [0.25, 0.3) is 0 Å². The van der Waals surface area contributed by atoms with E-state index < -0.39 is 0 Å². The third kappa shape index (κ3) is 5.07. The van der Waals surface area contributed by atoms with Crippen LogP contribution < -0.4 is 0 Å². The maximum absolute atomic E-state index is 6.64. The van der Waals surface area contributed by atoms with Gasteiger partial charge in [-0.2, -0.15) is 0 Å². The zero-order valence-corrected chi connectivity index (χ0v) is 17.5. The van der Waals surface area contributed by atoms with Crippen LogP contribution in [0.2, 0.25) is 0 Å². The van der Waals surface area contributed by atoms with Gasteiger partial charge in [-0.1, -0.05) is 60.7 Å². The van der Waals surface area contributed by atoms with Crippen LogP contribution in [0.4, 0.5) is 0 Å².